The fourth-order valence-electron chi connectivity index (χ4n) is 2.85. The molecule has 0 saturated carbocycles. The molecule has 2 amide bonds. The third kappa shape index (κ3) is 4.82. The molecule has 4 rings (SSSR count). The van der Waals surface area contributed by atoms with E-state index in [2.05, 4.69) is 10.6 Å². The summed E-state index contributed by atoms with van der Waals surface area (Å²) >= 11 is 1.49. The van der Waals surface area contributed by atoms with E-state index in [1.807, 2.05) is 42.5 Å². The van der Waals surface area contributed by atoms with E-state index in [1.165, 1.54) is 17.8 Å². The highest BCUT2D eigenvalue weighted by atomic mass is 32.2. The smallest absolute Gasteiger partial charge is 0.340 e. The molecule has 0 radical (unpaired) electrons. The van der Waals surface area contributed by atoms with Gasteiger partial charge in [-0.05, 0) is 54.6 Å². The Morgan fingerprint density at radius 1 is 0.900 bits per heavy atom. The molecule has 4 aromatic rings. The molecule has 0 bridgehead atoms. The maximum Gasteiger partial charge on any atom is 0.340 e. The van der Waals surface area contributed by atoms with Crippen LogP contribution in [0.5, 0.6) is 5.75 Å². The van der Waals surface area contributed by atoms with E-state index in [4.69, 9.17) is 4.42 Å². The second kappa shape index (κ2) is 8.75. The first-order valence-corrected chi connectivity index (χ1v) is 10.2. The van der Waals surface area contributed by atoms with Crippen LogP contribution in [0.25, 0.3) is 11.0 Å². The van der Waals surface area contributed by atoms with Crippen molar-refractivity contribution < 1.29 is 14.3 Å². The van der Waals surface area contributed by atoms with E-state index in [0.717, 1.165) is 10.3 Å². The largest absolute Gasteiger partial charge is 0.508 e. The van der Waals surface area contributed by atoms with Gasteiger partial charge in [0.1, 0.15) is 11.3 Å². The zero-order valence-corrected chi connectivity index (χ0v) is 16.6. The van der Waals surface area contributed by atoms with Crippen molar-refractivity contribution >= 4 is 40.1 Å². The van der Waals surface area contributed by atoms with Crippen LogP contribution in [0.2, 0.25) is 0 Å². The number of fused-ring (bicyclic) bond motifs is 1. The summed E-state index contributed by atoms with van der Waals surface area (Å²) < 4.78 is 5.29. The monoisotopic (exact) mass is 418 g/mol. The number of urea groups is 1. The average Bonchev–Trinajstić information content (AvgIpc) is 2.74. The summed E-state index contributed by atoms with van der Waals surface area (Å²) in [6.07, 6.45) is 0. The second-order valence-electron chi connectivity index (χ2n) is 6.54. The van der Waals surface area contributed by atoms with Crippen molar-refractivity contribution in [3.8, 4) is 5.75 Å². The first kappa shape index (κ1) is 19.6. The number of hydrogen-bond acceptors (Lipinski definition) is 5. The quantitative estimate of drug-likeness (QED) is 0.297. The molecule has 1 aromatic heterocycles. The molecule has 0 saturated heterocycles. The molecule has 0 fully saturated rings. The number of thioether (sulfide) groups is 1. The van der Waals surface area contributed by atoms with Gasteiger partial charge < -0.3 is 20.2 Å². The predicted molar refractivity (Wildman–Crippen MR) is 119 cm³/mol. The number of carbonyl (C=O) groups excluding carboxylic acids is 1. The number of rotatable bonds is 5. The lowest BCUT2D eigenvalue weighted by Gasteiger charge is -2.08. The minimum absolute atomic E-state index is 0.0546. The summed E-state index contributed by atoms with van der Waals surface area (Å²) in [7, 11) is 0. The summed E-state index contributed by atoms with van der Waals surface area (Å²) in [6, 6.07) is 22.7. The number of phenols is 1. The second-order valence-corrected chi connectivity index (χ2v) is 7.59. The Hall–Kier alpha value is -3.71. The van der Waals surface area contributed by atoms with Gasteiger partial charge >= 0.3 is 11.7 Å². The molecule has 30 heavy (non-hydrogen) atoms. The van der Waals surface area contributed by atoms with Crippen LogP contribution in [-0.4, -0.2) is 11.1 Å². The van der Waals surface area contributed by atoms with Crippen LogP contribution < -0.4 is 16.3 Å². The highest BCUT2D eigenvalue weighted by Crippen LogP contribution is 2.25. The molecular weight excluding hydrogens is 400 g/mol. The summed E-state index contributed by atoms with van der Waals surface area (Å²) in [4.78, 5) is 25.2. The maximum atomic E-state index is 12.2. The van der Waals surface area contributed by atoms with E-state index >= 15 is 0 Å². The van der Waals surface area contributed by atoms with E-state index in [-0.39, 0.29) is 11.8 Å². The average molecular weight is 418 g/mol. The van der Waals surface area contributed by atoms with Crippen LogP contribution >= 0.6 is 11.8 Å². The van der Waals surface area contributed by atoms with Crippen LogP contribution in [0, 0.1) is 0 Å². The van der Waals surface area contributed by atoms with Gasteiger partial charge in [-0.1, -0.05) is 18.2 Å². The minimum atomic E-state index is -0.420. The molecule has 150 valence electrons. The fraction of sp³-hybridized carbons (Fsp3) is 0.0435. The SMILES string of the molecule is O=C(Nc1ccccc1)Nc1ccc(SCc2cc3ccc(O)cc3oc2=O)cc1. The van der Waals surface area contributed by atoms with Gasteiger partial charge in [0.2, 0.25) is 0 Å². The molecule has 1 heterocycles. The highest BCUT2D eigenvalue weighted by molar-refractivity contribution is 7.98. The summed E-state index contributed by atoms with van der Waals surface area (Å²) in [5, 5.41) is 15.8. The number of benzene rings is 3. The van der Waals surface area contributed by atoms with Crippen molar-refractivity contribution in [2.45, 2.75) is 10.6 Å². The van der Waals surface area contributed by atoms with Crippen LogP contribution in [0.15, 0.2) is 93.0 Å². The molecule has 0 unspecified atom stereocenters. The van der Waals surface area contributed by atoms with E-state index in [9.17, 15) is 14.7 Å². The predicted octanol–water partition coefficient (Wildman–Crippen LogP) is 5.43. The molecule has 6 nitrogen and oxygen atoms in total. The Labute approximate surface area is 176 Å². The Kier molecular flexibility index (Phi) is 5.72. The number of amides is 2. The summed E-state index contributed by atoms with van der Waals surface area (Å²) in [5.41, 5.74) is 1.86. The van der Waals surface area contributed by atoms with Crippen molar-refractivity contribution in [2.24, 2.45) is 0 Å². The lowest BCUT2D eigenvalue weighted by atomic mass is 10.2. The van der Waals surface area contributed by atoms with Crippen molar-refractivity contribution in [1.29, 1.82) is 0 Å². The summed E-state index contributed by atoms with van der Waals surface area (Å²) in [6.45, 7) is 0. The van der Waals surface area contributed by atoms with Crippen molar-refractivity contribution in [2.75, 3.05) is 10.6 Å². The molecule has 7 heteroatoms. The maximum absolute atomic E-state index is 12.2. The normalized spacial score (nSPS) is 10.7. The first-order chi connectivity index (χ1) is 14.6. The van der Waals surface area contributed by atoms with Gasteiger partial charge in [-0.15, -0.1) is 11.8 Å². The topological polar surface area (TPSA) is 91.6 Å². The Balaban J connectivity index is 1.37. The van der Waals surface area contributed by atoms with Crippen LogP contribution in [0.1, 0.15) is 5.56 Å². The van der Waals surface area contributed by atoms with Gasteiger partial charge in [0.05, 0.1) is 0 Å². The number of hydrogen-bond donors (Lipinski definition) is 3. The minimum Gasteiger partial charge on any atom is -0.508 e. The zero-order valence-electron chi connectivity index (χ0n) is 15.8. The zero-order chi connectivity index (χ0) is 20.9. The lowest BCUT2D eigenvalue weighted by Crippen LogP contribution is -2.19. The van der Waals surface area contributed by atoms with Gasteiger partial charge in [-0.3, -0.25) is 0 Å². The van der Waals surface area contributed by atoms with E-state index < -0.39 is 5.63 Å². The van der Waals surface area contributed by atoms with Gasteiger partial charge in [-0.25, -0.2) is 9.59 Å². The molecule has 3 aromatic carbocycles. The number of phenolic OH excluding ortho intramolecular Hbond substituents is 1. The van der Waals surface area contributed by atoms with Crippen molar-refractivity contribution in [3.05, 3.63) is 94.8 Å². The Morgan fingerprint density at radius 2 is 1.60 bits per heavy atom. The molecule has 0 spiro atoms. The van der Waals surface area contributed by atoms with Crippen molar-refractivity contribution in [3.63, 3.8) is 0 Å². The number of anilines is 2. The Morgan fingerprint density at radius 3 is 2.33 bits per heavy atom. The Bertz CT molecular complexity index is 1240. The third-order valence-electron chi connectivity index (χ3n) is 4.33. The standard InChI is InChI=1S/C23H18N2O4S/c26-19-9-6-15-12-16(22(27)29-21(15)13-19)14-30-20-10-7-18(8-11-20)25-23(28)24-17-4-2-1-3-5-17/h1-13,26H,14H2,(H2,24,25,28). The molecule has 0 aliphatic rings. The number of nitrogens with one attached hydrogen (secondary N) is 2. The fourth-order valence-corrected chi connectivity index (χ4v) is 3.71. The van der Waals surface area contributed by atoms with Crippen LogP contribution in [-0.2, 0) is 5.75 Å². The molecule has 0 aliphatic carbocycles. The number of carbonyl (C=O) groups is 1. The summed E-state index contributed by atoms with van der Waals surface area (Å²) in [5.74, 6) is 0.499. The number of para-hydroxylation sites is 1. The third-order valence-corrected chi connectivity index (χ3v) is 5.39. The van der Waals surface area contributed by atoms with Crippen LogP contribution in [0.3, 0.4) is 0 Å². The van der Waals surface area contributed by atoms with E-state index in [1.54, 1.807) is 30.3 Å². The molecule has 0 atom stereocenters. The lowest BCUT2D eigenvalue weighted by molar-refractivity contribution is 0.262. The molecule has 3 N–H and O–H groups in total. The van der Waals surface area contributed by atoms with Gasteiger partial charge in [0, 0.05) is 39.0 Å². The van der Waals surface area contributed by atoms with Crippen molar-refractivity contribution in [1.82, 2.24) is 0 Å². The molecule has 0 aliphatic heterocycles. The van der Waals surface area contributed by atoms with Gasteiger partial charge in [0.15, 0.2) is 0 Å². The van der Waals surface area contributed by atoms with Crippen LogP contribution in [0.4, 0.5) is 16.2 Å². The highest BCUT2D eigenvalue weighted by Gasteiger charge is 2.08. The first-order valence-electron chi connectivity index (χ1n) is 9.18. The van der Waals surface area contributed by atoms with Gasteiger partial charge in [0.25, 0.3) is 0 Å². The number of aromatic hydroxyl groups is 1. The van der Waals surface area contributed by atoms with E-state index in [0.29, 0.717) is 28.3 Å². The van der Waals surface area contributed by atoms with Gasteiger partial charge in [-0.2, -0.15) is 0 Å². The molecular formula is C23H18N2O4S.